The number of rotatable bonds is 6. The number of anilines is 1. The Morgan fingerprint density at radius 1 is 1.24 bits per heavy atom. The second-order valence-corrected chi connectivity index (χ2v) is 5.77. The van der Waals surface area contributed by atoms with Crippen LogP contribution in [0.25, 0.3) is 0 Å². The Bertz CT molecular complexity index is 727. The van der Waals surface area contributed by atoms with Gasteiger partial charge in [0.05, 0.1) is 24.7 Å². The molecule has 0 unspecified atom stereocenters. The minimum absolute atomic E-state index is 0.122. The standard InChI is InChI=1S/C17H18ClN3O4/c18-13-9-12(10-14-16(13)24-8-2-7-23-14)11-25-15(22)3-6-21-17-19-4-1-5-20-17/h1,4-5,9-10H,2-3,6-8,11H2,(H,19,20,21). The Balaban J connectivity index is 1.48. The molecule has 0 saturated carbocycles. The molecule has 0 spiro atoms. The fourth-order valence-electron chi connectivity index (χ4n) is 2.27. The molecule has 1 aliphatic rings. The van der Waals surface area contributed by atoms with Crippen molar-refractivity contribution in [3.05, 3.63) is 41.2 Å². The van der Waals surface area contributed by atoms with Crippen LogP contribution < -0.4 is 14.8 Å². The van der Waals surface area contributed by atoms with E-state index in [0.29, 0.717) is 42.2 Å². The molecular weight excluding hydrogens is 346 g/mol. The first-order valence-corrected chi connectivity index (χ1v) is 8.35. The number of nitrogens with one attached hydrogen (secondary N) is 1. The monoisotopic (exact) mass is 363 g/mol. The summed E-state index contributed by atoms with van der Waals surface area (Å²) in [6, 6.07) is 5.23. The molecule has 132 valence electrons. The third-order valence-corrected chi connectivity index (χ3v) is 3.72. The highest BCUT2D eigenvalue weighted by molar-refractivity contribution is 6.32. The number of aromatic nitrogens is 2. The highest BCUT2D eigenvalue weighted by Crippen LogP contribution is 2.38. The van der Waals surface area contributed by atoms with Crippen LogP contribution in [0.4, 0.5) is 5.95 Å². The van der Waals surface area contributed by atoms with Gasteiger partial charge < -0.3 is 19.5 Å². The van der Waals surface area contributed by atoms with Gasteiger partial charge in [-0.3, -0.25) is 4.79 Å². The highest BCUT2D eigenvalue weighted by Gasteiger charge is 2.16. The molecule has 0 atom stereocenters. The van der Waals surface area contributed by atoms with Crippen LogP contribution in [0.3, 0.4) is 0 Å². The number of ether oxygens (including phenoxy) is 3. The summed E-state index contributed by atoms with van der Waals surface area (Å²) in [7, 11) is 0. The number of esters is 1. The third-order valence-electron chi connectivity index (χ3n) is 3.44. The van der Waals surface area contributed by atoms with Crippen LogP contribution in [-0.4, -0.2) is 35.7 Å². The van der Waals surface area contributed by atoms with Crippen molar-refractivity contribution in [2.45, 2.75) is 19.4 Å². The van der Waals surface area contributed by atoms with Gasteiger partial charge in [-0.15, -0.1) is 0 Å². The number of carbonyl (C=O) groups is 1. The van der Waals surface area contributed by atoms with Crippen molar-refractivity contribution < 1.29 is 19.0 Å². The van der Waals surface area contributed by atoms with Gasteiger partial charge in [0, 0.05) is 25.4 Å². The van der Waals surface area contributed by atoms with Crippen molar-refractivity contribution in [3.8, 4) is 11.5 Å². The average Bonchev–Trinajstić information content (AvgIpc) is 2.87. The third kappa shape index (κ3) is 4.96. The predicted octanol–water partition coefficient (Wildman–Crippen LogP) is 2.84. The number of hydrogen-bond donors (Lipinski definition) is 1. The van der Waals surface area contributed by atoms with Crippen LogP contribution in [0.2, 0.25) is 5.02 Å². The molecule has 8 heteroatoms. The molecule has 0 bridgehead atoms. The summed E-state index contributed by atoms with van der Waals surface area (Å²) >= 11 is 6.22. The van der Waals surface area contributed by atoms with E-state index in [1.807, 2.05) is 0 Å². The summed E-state index contributed by atoms with van der Waals surface area (Å²) in [5.41, 5.74) is 0.752. The number of carbonyl (C=O) groups excluding carboxylic acids is 1. The fourth-order valence-corrected chi connectivity index (χ4v) is 2.56. The minimum Gasteiger partial charge on any atom is -0.489 e. The molecule has 25 heavy (non-hydrogen) atoms. The molecule has 1 N–H and O–H groups in total. The van der Waals surface area contributed by atoms with Gasteiger partial charge in [0.25, 0.3) is 0 Å². The summed E-state index contributed by atoms with van der Waals surface area (Å²) in [5, 5.41) is 3.40. The van der Waals surface area contributed by atoms with Crippen LogP contribution in [0.15, 0.2) is 30.6 Å². The van der Waals surface area contributed by atoms with E-state index in [1.165, 1.54) is 0 Å². The second kappa shape index (κ2) is 8.53. The summed E-state index contributed by atoms with van der Waals surface area (Å²) in [6.45, 7) is 1.65. The summed E-state index contributed by atoms with van der Waals surface area (Å²) in [4.78, 5) is 19.9. The molecule has 0 radical (unpaired) electrons. The predicted molar refractivity (Wildman–Crippen MR) is 92.0 cm³/mol. The first-order chi connectivity index (χ1) is 12.2. The Labute approximate surface area is 150 Å². The van der Waals surface area contributed by atoms with Crippen molar-refractivity contribution in [1.82, 2.24) is 9.97 Å². The number of benzene rings is 1. The van der Waals surface area contributed by atoms with Gasteiger partial charge in [0.2, 0.25) is 5.95 Å². The van der Waals surface area contributed by atoms with E-state index in [1.54, 1.807) is 30.6 Å². The molecule has 1 aliphatic heterocycles. The Kier molecular flexibility index (Phi) is 5.90. The van der Waals surface area contributed by atoms with Gasteiger partial charge in [0.1, 0.15) is 6.61 Å². The maximum atomic E-state index is 11.8. The molecule has 2 heterocycles. The SMILES string of the molecule is O=C(CCNc1ncccn1)OCc1cc(Cl)c2c(c1)OCCCO2. The first-order valence-electron chi connectivity index (χ1n) is 7.97. The summed E-state index contributed by atoms with van der Waals surface area (Å²) < 4.78 is 16.5. The molecular formula is C17H18ClN3O4. The largest absolute Gasteiger partial charge is 0.489 e. The lowest BCUT2D eigenvalue weighted by Crippen LogP contribution is -2.12. The van der Waals surface area contributed by atoms with E-state index in [-0.39, 0.29) is 19.0 Å². The van der Waals surface area contributed by atoms with E-state index < -0.39 is 0 Å². The molecule has 0 fully saturated rings. The molecule has 3 rings (SSSR count). The van der Waals surface area contributed by atoms with Crippen molar-refractivity contribution in [2.24, 2.45) is 0 Å². The Morgan fingerprint density at radius 3 is 2.88 bits per heavy atom. The van der Waals surface area contributed by atoms with Crippen LogP contribution in [0, 0.1) is 0 Å². The van der Waals surface area contributed by atoms with E-state index >= 15 is 0 Å². The molecule has 0 amide bonds. The van der Waals surface area contributed by atoms with Crippen LogP contribution in [-0.2, 0) is 16.1 Å². The molecule has 2 aromatic rings. The lowest BCUT2D eigenvalue weighted by Gasteiger charge is -2.12. The van der Waals surface area contributed by atoms with E-state index in [9.17, 15) is 4.79 Å². The fraction of sp³-hybridized carbons (Fsp3) is 0.353. The molecule has 0 aliphatic carbocycles. The van der Waals surface area contributed by atoms with Gasteiger partial charge >= 0.3 is 5.97 Å². The quantitative estimate of drug-likeness (QED) is 0.790. The lowest BCUT2D eigenvalue weighted by molar-refractivity contribution is -0.144. The molecule has 7 nitrogen and oxygen atoms in total. The zero-order valence-corrected chi connectivity index (χ0v) is 14.3. The number of hydrogen-bond acceptors (Lipinski definition) is 7. The van der Waals surface area contributed by atoms with Crippen LogP contribution in [0.5, 0.6) is 11.5 Å². The lowest BCUT2D eigenvalue weighted by atomic mass is 10.2. The minimum atomic E-state index is -0.327. The van der Waals surface area contributed by atoms with Gasteiger partial charge in [-0.1, -0.05) is 11.6 Å². The zero-order valence-electron chi connectivity index (χ0n) is 13.5. The molecule has 1 aromatic carbocycles. The first kappa shape index (κ1) is 17.3. The van der Waals surface area contributed by atoms with Gasteiger partial charge in [0.15, 0.2) is 11.5 Å². The van der Waals surface area contributed by atoms with E-state index in [2.05, 4.69) is 15.3 Å². The van der Waals surface area contributed by atoms with Gasteiger partial charge in [-0.05, 0) is 23.8 Å². The smallest absolute Gasteiger partial charge is 0.307 e. The maximum Gasteiger partial charge on any atom is 0.307 e. The number of fused-ring (bicyclic) bond motifs is 1. The summed E-state index contributed by atoms with van der Waals surface area (Å²) in [5.74, 6) is 1.27. The van der Waals surface area contributed by atoms with E-state index in [0.717, 1.165) is 12.0 Å². The van der Waals surface area contributed by atoms with E-state index in [4.69, 9.17) is 25.8 Å². The van der Waals surface area contributed by atoms with Gasteiger partial charge in [-0.25, -0.2) is 9.97 Å². The molecule has 0 saturated heterocycles. The van der Waals surface area contributed by atoms with Gasteiger partial charge in [-0.2, -0.15) is 0 Å². The normalized spacial score (nSPS) is 13.0. The van der Waals surface area contributed by atoms with Crippen molar-refractivity contribution >= 4 is 23.5 Å². The number of halogens is 1. The van der Waals surface area contributed by atoms with Crippen LogP contribution >= 0.6 is 11.6 Å². The average molecular weight is 364 g/mol. The summed E-state index contributed by atoms with van der Waals surface area (Å²) in [6.07, 6.45) is 4.26. The van der Waals surface area contributed by atoms with Crippen LogP contribution in [0.1, 0.15) is 18.4 Å². The van der Waals surface area contributed by atoms with Crippen molar-refractivity contribution in [3.63, 3.8) is 0 Å². The van der Waals surface area contributed by atoms with Crippen molar-refractivity contribution in [1.29, 1.82) is 0 Å². The molecule has 1 aromatic heterocycles. The Hall–Kier alpha value is -2.54. The second-order valence-electron chi connectivity index (χ2n) is 5.37. The Morgan fingerprint density at radius 2 is 2.04 bits per heavy atom. The highest BCUT2D eigenvalue weighted by atomic mass is 35.5. The zero-order chi connectivity index (χ0) is 17.5. The van der Waals surface area contributed by atoms with Crippen molar-refractivity contribution in [2.75, 3.05) is 25.1 Å². The number of nitrogens with zero attached hydrogens (tertiary/aromatic N) is 2. The maximum absolute atomic E-state index is 11.8. The topological polar surface area (TPSA) is 82.6 Å².